The van der Waals surface area contributed by atoms with Gasteiger partial charge in [0.25, 0.3) is 0 Å². The van der Waals surface area contributed by atoms with E-state index in [2.05, 4.69) is 10.6 Å². The first-order chi connectivity index (χ1) is 11.0. The lowest BCUT2D eigenvalue weighted by Crippen LogP contribution is -2.48. The molecule has 1 fully saturated rings. The standard InChI is InChI=1S/C17H24N2O4/c1-12-15(9-10-23-12)19-17(22)18-14(7-8-16(20)21)11-13-5-3-2-4-6-13/h2-6,12,14-15H,7-11H2,1H3,(H,20,21)(H2,18,19,22)/t12-,14?,15-/m1/s1. The van der Waals surface area contributed by atoms with Gasteiger partial charge in [-0.1, -0.05) is 30.3 Å². The molecule has 1 aliphatic heterocycles. The number of rotatable bonds is 7. The summed E-state index contributed by atoms with van der Waals surface area (Å²) in [5.41, 5.74) is 1.07. The van der Waals surface area contributed by atoms with E-state index in [1.165, 1.54) is 0 Å². The average Bonchev–Trinajstić information content (AvgIpc) is 2.91. The summed E-state index contributed by atoms with van der Waals surface area (Å²) in [6.45, 7) is 2.59. The number of aliphatic carboxylic acids is 1. The number of carboxylic acids is 1. The average molecular weight is 320 g/mol. The summed E-state index contributed by atoms with van der Waals surface area (Å²) in [5, 5.41) is 14.7. The third kappa shape index (κ3) is 5.90. The van der Waals surface area contributed by atoms with Crippen LogP contribution in [0.4, 0.5) is 4.79 Å². The molecule has 2 rings (SSSR count). The van der Waals surface area contributed by atoms with Crippen LogP contribution in [0.25, 0.3) is 0 Å². The first kappa shape index (κ1) is 17.3. The maximum atomic E-state index is 12.2. The van der Waals surface area contributed by atoms with E-state index in [0.717, 1.165) is 12.0 Å². The van der Waals surface area contributed by atoms with E-state index < -0.39 is 5.97 Å². The number of amides is 2. The molecule has 0 bridgehead atoms. The van der Waals surface area contributed by atoms with Crippen molar-refractivity contribution >= 4 is 12.0 Å². The summed E-state index contributed by atoms with van der Waals surface area (Å²) in [7, 11) is 0. The van der Waals surface area contributed by atoms with Gasteiger partial charge < -0.3 is 20.5 Å². The molecular formula is C17H24N2O4. The quantitative estimate of drug-likeness (QED) is 0.716. The predicted molar refractivity (Wildman–Crippen MR) is 86.3 cm³/mol. The summed E-state index contributed by atoms with van der Waals surface area (Å²) in [6, 6.07) is 9.26. The Morgan fingerprint density at radius 3 is 2.70 bits per heavy atom. The maximum Gasteiger partial charge on any atom is 0.315 e. The number of hydrogen-bond donors (Lipinski definition) is 3. The molecule has 0 radical (unpaired) electrons. The Kier molecular flexibility index (Phi) is 6.40. The molecule has 6 heteroatoms. The van der Waals surface area contributed by atoms with Crippen molar-refractivity contribution in [2.75, 3.05) is 6.61 Å². The zero-order valence-electron chi connectivity index (χ0n) is 13.3. The highest BCUT2D eigenvalue weighted by Gasteiger charge is 2.26. The van der Waals surface area contributed by atoms with Crippen LogP contribution in [0.2, 0.25) is 0 Å². The lowest BCUT2D eigenvalue weighted by atomic mass is 10.0. The van der Waals surface area contributed by atoms with Crippen LogP contribution in [-0.2, 0) is 16.0 Å². The molecule has 0 saturated carbocycles. The van der Waals surface area contributed by atoms with Gasteiger partial charge in [-0.2, -0.15) is 0 Å². The zero-order valence-corrected chi connectivity index (χ0v) is 13.3. The molecule has 0 spiro atoms. The SMILES string of the molecule is C[C@H]1OCC[C@H]1NC(=O)NC(CCC(=O)O)Cc1ccccc1. The molecule has 1 aromatic carbocycles. The Morgan fingerprint density at radius 1 is 1.35 bits per heavy atom. The van der Waals surface area contributed by atoms with Crippen molar-refractivity contribution < 1.29 is 19.4 Å². The number of carbonyl (C=O) groups excluding carboxylic acids is 1. The van der Waals surface area contributed by atoms with Crippen LogP contribution in [0.5, 0.6) is 0 Å². The van der Waals surface area contributed by atoms with Gasteiger partial charge >= 0.3 is 12.0 Å². The Hall–Kier alpha value is -2.08. The van der Waals surface area contributed by atoms with Gasteiger partial charge in [0.05, 0.1) is 12.1 Å². The van der Waals surface area contributed by atoms with E-state index in [4.69, 9.17) is 9.84 Å². The Bertz CT molecular complexity index is 521. The third-order valence-electron chi connectivity index (χ3n) is 4.06. The van der Waals surface area contributed by atoms with Crippen LogP contribution in [0.15, 0.2) is 30.3 Å². The predicted octanol–water partition coefficient (Wildman–Crippen LogP) is 1.94. The van der Waals surface area contributed by atoms with Gasteiger partial charge in [-0.3, -0.25) is 4.79 Å². The molecular weight excluding hydrogens is 296 g/mol. The molecule has 1 aliphatic rings. The lowest BCUT2D eigenvalue weighted by molar-refractivity contribution is -0.137. The summed E-state index contributed by atoms with van der Waals surface area (Å²) in [6.07, 6.45) is 1.84. The van der Waals surface area contributed by atoms with Gasteiger partial charge in [-0.15, -0.1) is 0 Å². The summed E-state index contributed by atoms with van der Waals surface area (Å²) in [5.74, 6) is -0.858. The minimum atomic E-state index is -0.858. The van der Waals surface area contributed by atoms with Gasteiger partial charge in [-0.25, -0.2) is 4.79 Å². The fraction of sp³-hybridized carbons (Fsp3) is 0.529. The lowest BCUT2D eigenvalue weighted by Gasteiger charge is -2.22. The summed E-state index contributed by atoms with van der Waals surface area (Å²) >= 11 is 0. The molecule has 126 valence electrons. The van der Waals surface area contributed by atoms with E-state index in [-0.39, 0.29) is 30.6 Å². The molecule has 6 nitrogen and oxygen atoms in total. The van der Waals surface area contributed by atoms with Gasteiger partial charge in [0.2, 0.25) is 0 Å². The fourth-order valence-electron chi connectivity index (χ4n) is 2.74. The van der Waals surface area contributed by atoms with Gasteiger partial charge in [0.15, 0.2) is 0 Å². The van der Waals surface area contributed by atoms with Gasteiger partial charge in [-0.05, 0) is 31.7 Å². The Morgan fingerprint density at radius 2 is 2.09 bits per heavy atom. The van der Waals surface area contributed by atoms with Crippen LogP contribution >= 0.6 is 0 Å². The molecule has 23 heavy (non-hydrogen) atoms. The number of hydrogen-bond acceptors (Lipinski definition) is 3. The molecule has 2 amide bonds. The van der Waals surface area contributed by atoms with Crippen molar-refractivity contribution in [1.29, 1.82) is 0 Å². The molecule has 0 aliphatic carbocycles. The zero-order chi connectivity index (χ0) is 16.7. The smallest absolute Gasteiger partial charge is 0.315 e. The number of nitrogens with one attached hydrogen (secondary N) is 2. The van der Waals surface area contributed by atoms with Crippen molar-refractivity contribution in [2.24, 2.45) is 0 Å². The molecule has 3 atom stereocenters. The number of carboxylic acid groups (broad SMARTS) is 1. The minimum absolute atomic E-state index is 0.00634. The van der Waals surface area contributed by atoms with Crippen molar-refractivity contribution in [3.63, 3.8) is 0 Å². The van der Waals surface area contributed by atoms with E-state index in [9.17, 15) is 9.59 Å². The van der Waals surface area contributed by atoms with Gasteiger partial charge in [0.1, 0.15) is 0 Å². The highest BCUT2D eigenvalue weighted by atomic mass is 16.5. The van der Waals surface area contributed by atoms with Crippen LogP contribution in [0, 0.1) is 0 Å². The summed E-state index contributed by atoms with van der Waals surface area (Å²) in [4.78, 5) is 23.0. The first-order valence-corrected chi connectivity index (χ1v) is 7.99. The topological polar surface area (TPSA) is 87.7 Å². The second kappa shape index (κ2) is 8.53. The fourth-order valence-corrected chi connectivity index (χ4v) is 2.74. The Labute approximate surface area is 136 Å². The maximum absolute atomic E-state index is 12.2. The summed E-state index contributed by atoms with van der Waals surface area (Å²) < 4.78 is 5.43. The number of carbonyl (C=O) groups is 2. The first-order valence-electron chi connectivity index (χ1n) is 7.99. The van der Waals surface area contributed by atoms with E-state index >= 15 is 0 Å². The molecule has 0 aromatic heterocycles. The van der Waals surface area contributed by atoms with Gasteiger partial charge in [0, 0.05) is 19.1 Å². The highest BCUT2D eigenvalue weighted by Crippen LogP contribution is 2.13. The molecule has 3 N–H and O–H groups in total. The monoisotopic (exact) mass is 320 g/mol. The number of benzene rings is 1. The largest absolute Gasteiger partial charge is 0.481 e. The minimum Gasteiger partial charge on any atom is -0.481 e. The number of ether oxygens (including phenoxy) is 1. The van der Waals surface area contributed by atoms with E-state index in [0.29, 0.717) is 19.4 Å². The third-order valence-corrected chi connectivity index (χ3v) is 4.06. The second-order valence-electron chi connectivity index (χ2n) is 5.91. The van der Waals surface area contributed by atoms with E-state index in [1.54, 1.807) is 0 Å². The normalized spacial score (nSPS) is 21.6. The van der Waals surface area contributed by atoms with Crippen molar-refractivity contribution in [2.45, 2.75) is 50.8 Å². The Balaban J connectivity index is 1.90. The van der Waals surface area contributed by atoms with Crippen molar-refractivity contribution in [3.05, 3.63) is 35.9 Å². The molecule has 1 saturated heterocycles. The van der Waals surface area contributed by atoms with Crippen LogP contribution < -0.4 is 10.6 Å². The highest BCUT2D eigenvalue weighted by molar-refractivity contribution is 5.75. The van der Waals surface area contributed by atoms with Crippen molar-refractivity contribution in [3.8, 4) is 0 Å². The van der Waals surface area contributed by atoms with E-state index in [1.807, 2.05) is 37.3 Å². The molecule has 1 aromatic rings. The van der Waals surface area contributed by atoms with Crippen LogP contribution in [-0.4, -0.2) is 41.9 Å². The molecule has 1 heterocycles. The van der Waals surface area contributed by atoms with Crippen molar-refractivity contribution in [1.82, 2.24) is 10.6 Å². The number of urea groups is 1. The second-order valence-corrected chi connectivity index (χ2v) is 5.91. The molecule has 1 unspecified atom stereocenters. The van der Waals surface area contributed by atoms with Crippen LogP contribution in [0.3, 0.4) is 0 Å². The van der Waals surface area contributed by atoms with Crippen LogP contribution in [0.1, 0.15) is 31.7 Å².